The average Bonchev–Trinajstić information content (AvgIpc) is 2.62. The van der Waals surface area contributed by atoms with E-state index in [0.29, 0.717) is 5.75 Å². The number of hydrogen-bond donors (Lipinski definition) is 0. The highest BCUT2D eigenvalue weighted by atomic mass is 16.5. The fraction of sp³-hybridized carbons (Fsp3) is 0.0909. The summed E-state index contributed by atoms with van der Waals surface area (Å²) in [5, 5.41) is 1.19. The monoisotopic (exact) mass is 330 g/mol. The summed E-state index contributed by atoms with van der Waals surface area (Å²) in [7, 11) is 0. The zero-order valence-corrected chi connectivity index (χ0v) is 14.2. The van der Waals surface area contributed by atoms with Gasteiger partial charge in [-0.1, -0.05) is 43.0 Å². The lowest BCUT2D eigenvalue weighted by Gasteiger charge is -2.03. The van der Waals surface area contributed by atoms with E-state index in [9.17, 15) is 4.79 Å². The predicted molar refractivity (Wildman–Crippen MR) is 101 cm³/mol. The third-order valence-electron chi connectivity index (χ3n) is 3.88. The molecule has 0 atom stereocenters. The van der Waals surface area contributed by atoms with Gasteiger partial charge in [0.05, 0.1) is 5.39 Å². The Labute approximate surface area is 147 Å². The van der Waals surface area contributed by atoms with Gasteiger partial charge in [0, 0.05) is 19.1 Å². The van der Waals surface area contributed by atoms with Gasteiger partial charge in [0.15, 0.2) is 12.7 Å². The molecule has 3 nitrogen and oxygen atoms in total. The minimum Gasteiger partial charge on any atom is -0.427 e. The van der Waals surface area contributed by atoms with E-state index in [2.05, 4.69) is 47.7 Å². The molecule has 0 fully saturated rings. The number of pyridine rings is 1. The second-order valence-corrected chi connectivity index (χ2v) is 5.73. The summed E-state index contributed by atoms with van der Waals surface area (Å²) in [4.78, 5) is 11.0. The van der Waals surface area contributed by atoms with Crippen LogP contribution in [-0.4, -0.2) is 5.97 Å². The summed E-state index contributed by atoms with van der Waals surface area (Å²) in [5.74, 6) is 0.243. The molecule has 0 saturated carbocycles. The lowest BCUT2D eigenvalue weighted by molar-refractivity contribution is -0.660. The van der Waals surface area contributed by atoms with Crippen LogP contribution in [0.3, 0.4) is 0 Å². The minimum absolute atomic E-state index is 0.313. The lowest BCUT2D eigenvalue weighted by Crippen LogP contribution is -2.33. The van der Waals surface area contributed by atoms with Crippen LogP contribution in [0.25, 0.3) is 23.1 Å². The molecule has 1 heterocycles. The third kappa shape index (κ3) is 4.01. The van der Waals surface area contributed by atoms with E-state index in [-0.39, 0.29) is 5.97 Å². The topological polar surface area (TPSA) is 30.2 Å². The van der Waals surface area contributed by atoms with Crippen LogP contribution in [0, 0.1) is 0 Å². The highest BCUT2D eigenvalue weighted by Gasteiger charge is 2.09. The SMILES string of the molecule is C=CC[n+]1ccc(/C=C/c2ccc(OC(C)=O)cc2)c2ccccc21. The van der Waals surface area contributed by atoms with Gasteiger partial charge in [-0.3, -0.25) is 4.79 Å². The van der Waals surface area contributed by atoms with E-state index in [1.54, 1.807) is 12.1 Å². The zero-order valence-electron chi connectivity index (χ0n) is 14.2. The van der Waals surface area contributed by atoms with E-state index < -0.39 is 0 Å². The molecule has 0 amide bonds. The van der Waals surface area contributed by atoms with Crippen molar-refractivity contribution >= 4 is 29.0 Å². The maximum Gasteiger partial charge on any atom is 0.308 e. The van der Waals surface area contributed by atoms with E-state index >= 15 is 0 Å². The van der Waals surface area contributed by atoms with E-state index in [0.717, 1.165) is 17.7 Å². The van der Waals surface area contributed by atoms with Crippen molar-refractivity contribution in [3.63, 3.8) is 0 Å². The molecule has 0 unspecified atom stereocenters. The first-order chi connectivity index (χ1) is 12.2. The first-order valence-electron chi connectivity index (χ1n) is 8.16. The Morgan fingerprint density at radius 1 is 1.08 bits per heavy atom. The molecule has 0 aliphatic carbocycles. The molecule has 0 spiro atoms. The van der Waals surface area contributed by atoms with Crippen molar-refractivity contribution in [1.82, 2.24) is 0 Å². The van der Waals surface area contributed by atoms with Crippen LogP contribution in [0.2, 0.25) is 0 Å². The second-order valence-electron chi connectivity index (χ2n) is 5.73. The maximum atomic E-state index is 11.0. The van der Waals surface area contributed by atoms with Crippen molar-refractivity contribution in [3.05, 3.63) is 84.6 Å². The standard InChI is InChI=1S/C22H20NO2/c1-3-15-23-16-14-19(21-6-4-5-7-22(21)23)11-8-18-9-12-20(13-10-18)25-17(2)24/h3-14,16H,1,15H2,2H3/q+1/b11-8+. The van der Waals surface area contributed by atoms with Crippen molar-refractivity contribution < 1.29 is 14.1 Å². The van der Waals surface area contributed by atoms with Crippen molar-refractivity contribution in [2.24, 2.45) is 0 Å². The zero-order chi connectivity index (χ0) is 17.6. The van der Waals surface area contributed by atoms with Gasteiger partial charge in [0.25, 0.3) is 0 Å². The molecule has 0 aliphatic heterocycles. The Balaban J connectivity index is 1.90. The average molecular weight is 330 g/mol. The van der Waals surface area contributed by atoms with Gasteiger partial charge < -0.3 is 4.74 Å². The van der Waals surface area contributed by atoms with Crippen LogP contribution in [0.5, 0.6) is 5.75 Å². The number of aromatic nitrogens is 1. The summed E-state index contributed by atoms with van der Waals surface area (Å²) >= 11 is 0. The van der Waals surface area contributed by atoms with Crippen molar-refractivity contribution in [2.75, 3.05) is 0 Å². The second kappa shape index (κ2) is 7.58. The molecule has 0 N–H and O–H groups in total. The van der Waals surface area contributed by atoms with Crippen molar-refractivity contribution in [2.45, 2.75) is 13.5 Å². The Morgan fingerprint density at radius 3 is 2.56 bits per heavy atom. The lowest BCUT2D eigenvalue weighted by atomic mass is 10.1. The molecule has 0 bridgehead atoms. The number of ether oxygens (including phenoxy) is 1. The molecular weight excluding hydrogens is 310 g/mol. The van der Waals surface area contributed by atoms with E-state index in [4.69, 9.17) is 4.74 Å². The van der Waals surface area contributed by atoms with Crippen molar-refractivity contribution in [3.8, 4) is 5.75 Å². The first kappa shape index (κ1) is 16.7. The van der Waals surface area contributed by atoms with Crippen LogP contribution in [-0.2, 0) is 11.3 Å². The highest BCUT2D eigenvalue weighted by molar-refractivity contribution is 5.88. The van der Waals surface area contributed by atoms with Gasteiger partial charge in [-0.15, -0.1) is 0 Å². The van der Waals surface area contributed by atoms with Gasteiger partial charge in [-0.25, -0.2) is 0 Å². The van der Waals surface area contributed by atoms with Crippen LogP contribution in [0.15, 0.2) is 73.4 Å². The number of rotatable bonds is 5. The molecule has 0 saturated heterocycles. The van der Waals surface area contributed by atoms with Crippen LogP contribution in [0.1, 0.15) is 18.1 Å². The molecule has 0 radical (unpaired) electrons. The molecule has 0 aliphatic rings. The normalized spacial score (nSPS) is 10.9. The van der Waals surface area contributed by atoms with Crippen molar-refractivity contribution in [1.29, 1.82) is 0 Å². The predicted octanol–water partition coefficient (Wildman–Crippen LogP) is 4.41. The first-order valence-corrected chi connectivity index (χ1v) is 8.16. The number of hydrogen-bond acceptors (Lipinski definition) is 2. The van der Waals surface area contributed by atoms with Gasteiger partial charge in [0.1, 0.15) is 5.75 Å². The van der Waals surface area contributed by atoms with Crippen LogP contribution in [0.4, 0.5) is 0 Å². The smallest absolute Gasteiger partial charge is 0.308 e. The quantitative estimate of drug-likeness (QED) is 0.300. The summed E-state index contributed by atoms with van der Waals surface area (Å²) in [6.07, 6.45) is 8.12. The number of para-hydroxylation sites is 1. The number of benzene rings is 2. The molecule has 3 heteroatoms. The molecular formula is C22H20NO2+. The Kier molecular flexibility index (Phi) is 5.05. The molecule has 124 valence electrons. The summed E-state index contributed by atoms with van der Waals surface area (Å²) < 4.78 is 7.23. The summed E-state index contributed by atoms with van der Waals surface area (Å²) in [6.45, 7) is 6.00. The number of esters is 1. The maximum absolute atomic E-state index is 11.0. The summed E-state index contributed by atoms with van der Waals surface area (Å²) in [6, 6.07) is 17.9. The van der Waals surface area contributed by atoms with Gasteiger partial charge in [-0.2, -0.15) is 4.57 Å². The number of fused-ring (bicyclic) bond motifs is 1. The van der Waals surface area contributed by atoms with Crippen LogP contribution < -0.4 is 9.30 Å². The van der Waals surface area contributed by atoms with E-state index in [1.165, 1.54) is 17.8 Å². The molecule has 2 aromatic carbocycles. The Bertz CT molecular complexity index is 940. The minimum atomic E-state index is -0.313. The largest absolute Gasteiger partial charge is 0.427 e. The Morgan fingerprint density at radius 2 is 1.84 bits per heavy atom. The van der Waals surface area contributed by atoms with Gasteiger partial charge >= 0.3 is 5.97 Å². The third-order valence-corrected chi connectivity index (χ3v) is 3.88. The van der Waals surface area contributed by atoms with Gasteiger partial charge in [-0.05, 0) is 35.4 Å². The van der Waals surface area contributed by atoms with Crippen LogP contribution >= 0.6 is 0 Å². The number of allylic oxidation sites excluding steroid dienone is 1. The fourth-order valence-electron chi connectivity index (χ4n) is 2.75. The highest BCUT2D eigenvalue weighted by Crippen LogP contribution is 2.19. The molecule has 25 heavy (non-hydrogen) atoms. The molecule has 3 aromatic rings. The molecule has 3 rings (SSSR count). The summed E-state index contributed by atoms with van der Waals surface area (Å²) in [5.41, 5.74) is 3.37. The van der Waals surface area contributed by atoms with E-state index in [1.807, 2.05) is 30.3 Å². The van der Waals surface area contributed by atoms with Gasteiger partial charge in [0.2, 0.25) is 5.52 Å². The number of carbonyl (C=O) groups excluding carboxylic acids is 1. The molecule has 1 aromatic heterocycles. The number of nitrogens with zero attached hydrogens (tertiary/aromatic N) is 1. The Hall–Kier alpha value is -3.20. The number of carbonyl (C=O) groups is 1. The fourth-order valence-corrected chi connectivity index (χ4v) is 2.75.